The van der Waals surface area contributed by atoms with Crippen LogP contribution in [-0.2, 0) is 4.79 Å². The second-order valence-corrected chi connectivity index (χ2v) is 8.24. The van der Waals surface area contributed by atoms with E-state index < -0.39 is 29.7 Å². The number of hydrogen-bond donors (Lipinski definition) is 2. The number of rotatable bonds is 4. The van der Waals surface area contributed by atoms with Gasteiger partial charge < -0.3 is 20.9 Å². The lowest BCUT2D eigenvalue weighted by atomic mass is 9.92. The molecule has 168 valence electrons. The summed E-state index contributed by atoms with van der Waals surface area (Å²) in [6, 6.07) is 8.63. The number of pyridine rings is 1. The Balaban J connectivity index is 1.59. The molecule has 1 aliphatic heterocycles. The average Bonchev–Trinajstić information content (AvgIpc) is 3.25. The van der Waals surface area contributed by atoms with Gasteiger partial charge in [-0.15, -0.1) is 0 Å². The normalized spacial score (nSPS) is 23.1. The van der Waals surface area contributed by atoms with Crippen LogP contribution in [0.15, 0.2) is 48.8 Å². The van der Waals surface area contributed by atoms with Crippen LogP contribution in [0.25, 0.3) is 0 Å². The van der Waals surface area contributed by atoms with E-state index in [2.05, 4.69) is 10.3 Å². The Kier molecular flexibility index (Phi) is 6.45. The van der Waals surface area contributed by atoms with Gasteiger partial charge in [-0.1, -0.05) is 6.07 Å². The molecule has 4 rings (SSSR count). The molecule has 32 heavy (non-hydrogen) atoms. The number of nitrogens with two attached hydrogens (primary N) is 1. The van der Waals surface area contributed by atoms with E-state index >= 15 is 0 Å². The Hall–Kier alpha value is -3.33. The molecule has 2 aromatic rings. The summed E-state index contributed by atoms with van der Waals surface area (Å²) in [4.78, 5) is 46.3. The summed E-state index contributed by atoms with van der Waals surface area (Å²) >= 11 is 0. The fraction of sp³-hybridized carbons (Fsp3) is 0.391. The topological polar surface area (TPSA) is 109 Å². The molecule has 1 saturated carbocycles. The minimum Gasteiger partial charge on any atom is -0.350 e. The molecule has 2 fully saturated rings. The maximum atomic E-state index is 13.7. The SMILES string of the molecule is NC1CCC(NC(=O)C2N(C(=O)c3cccnc3)CCN2C(=O)c2cccc(F)c2)CC1. The lowest BCUT2D eigenvalue weighted by Gasteiger charge is -2.32. The number of nitrogens with zero attached hydrogens (tertiary/aromatic N) is 3. The van der Waals surface area contributed by atoms with Crippen LogP contribution in [0, 0.1) is 5.82 Å². The van der Waals surface area contributed by atoms with Crippen LogP contribution in [0.3, 0.4) is 0 Å². The number of amides is 3. The van der Waals surface area contributed by atoms with Crippen molar-refractivity contribution in [2.45, 2.75) is 43.9 Å². The number of halogens is 1. The number of carbonyl (C=O) groups excluding carboxylic acids is 3. The predicted molar refractivity (Wildman–Crippen MR) is 115 cm³/mol. The van der Waals surface area contributed by atoms with Gasteiger partial charge in [-0.2, -0.15) is 0 Å². The van der Waals surface area contributed by atoms with Gasteiger partial charge in [0.1, 0.15) is 5.82 Å². The molecule has 1 saturated heterocycles. The molecule has 1 unspecified atom stereocenters. The lowest BCUT2D eigenvalue weighted by molar-refractivity contribution is -0.129. The van der Waals surface area contributed by atoms with E-state index in [1.807, 2.05) is 0 Å². The van der Waals surface area contributed by atoms with Gasteiger partial charge in [0.15, 0.2) is 6.17 Å². The quantitative estimate of drug-likeness (QED) is 0.751. The average molecular weight is 439 g/mol. The Morgan fingerprint density at radius 2 is 1.62 bits per heavy atom. The molecule has 1 aromatic heterocycles. The summed E-state index contributed by atoms with van der Waals surface area (Å²) in [5, 5.41) is 2.99. The van der Waals surface area contributed by atoms with Gasteiger partial charge in [-0.25, -0.2) is 4.39 Å². The summed E-state index contributed by atoms with van der Waals surface area (Å²) in [6.45, 7) is 0.345. The van der Waals surface area contributed by atoms with Crippen molar-refractivity contribution in [2.75, 3.05) is 13.1 Å². The summed E-state index contributed by atoms with van der Waals surface area (Å²) < 4.78 is 13.7. The molecule has 1 aromatic carbocycles. The van der Waals surface area contributed by atoms with Gasteiger partial charge >= 0.3 is 0 Å². The molecular formula is C23H26FN5O3. The molecule has 0 bridgehead atoms. The first kappa shape index (κ1) is 21.9. The van der Waals surface area contributed by atoms with Crippen molar-refractivity contribution in [3.8, 4) is 0 Å². The number of benzene rings is 1. The maximum Gasteiger partial charge on any atom is 0.264 e. The minimum absolute atomic E-state index is 0.0654. The van der Waals surface area contributed by atoms with Gasteiger partial charge in [-0.3, -0.25) is 19.4 Å². The third kappa shape index (κ3) is 4.62. The zero-order valence-corrected chi connectivity index (χ0v) is 17.6. The molecule has 0 radical (unpaired) electrons. The second kappa shape index (κ2) is 9.44. The Morgan fingerprint density at radius 1 is 0.969 bits per heavy atom. The number of carbonyl (C=O) groups is 3. The molecule has 1 atom stereocenters. The van der Waals surface area contributed by atoms with E-state index in [9.17, 15) is 18.8 Å². The van der Waals surface area contributed by atoms with E-state index in [1.165, 1.54) is 34.2 Å². The van der Waals surface area contributed by atoms with Crippen molar-refractivity contribution in [3.05, 3.63) is 65.7 Å². The molecule has 9 heteroatoms. The molecule has 0 spiro atoms. The molecule has 3 N–H and O–H groups in total. The van der Waals surface area contributed by atoms with E-state index in [-0.39, 0.29) is 30.7 Å². The van der Waals surface area contributed by atoms with Gasteiger partial charge in [-0.05, 0) is 56.0 Å². The van der Waals surface area contributed by atoms with E-state index in [1.54, 1.807) is 18.3 Å². The standard InChI is InChI=1S/C23H26FN5O3/c24-17-5-1-3-15(13-17)22(31)28-11-12-29(23(32)16-4-2-10-26-14-16)21(28)20(30)27-19-8-6-18(25)7-9-19/h1-5,10,13-14,18-19,21H,6-9,11-12,25H2,(H,27,30). The lowest BCUT2D eigenvalue weighted by Crippen LogP contribution is -2.56. The second-order valence-electron chi connectivity index (χ2n) is 8.24. The third-order valence-corrected chi connectivity index (χ3v) is 6.03. The summed E-state index contributed by atoms with van der Waals surface area (Å²) in [5.74, 6) is -1.86. The highest BCUT2D eigenvalue weighted by Gasteiger charge is 2.43. The highest BCUT2D eigenvalue weighted by molar-refractivity contribution is 6.02. The third-order valence-electron chi connectivity index (χ3n) is 6.03. The Bertz CT molecular complexity index is 994. The molecule has 2 aliphatic rings. The van der Waals surface area contributed by atoms with E-state index in [4.69, 9.17) is 5.73 Å². The summed E-state index contributed by atoms with van der Waals surface area (Å²) in [5.41, 5.74) is 6.41. The highest BCUT2D eigenvalue weighted by Crippen LogP contribution is 2.23. The van der Waals surface area contributed by atoms with Crippen molar-refractivity contribution in [1.82, 2.24) is 20.1 Å². The highest BCUT2D eigenvalue weighted by atomic mass is 19.1. The maximum absolute atomic E-state index is 13.7. The van der Waals surface area contributed by atoms with Gasteiger partial charge in [0.05, 0.1) is 5.56 Å². The van der Waals surface area contributed by atoms with Crippen LogP contribution in [0.4, 0.5) is 4.39 Å². The Morgan fingerprint density at radius 3 is 2.25 bits per heavy atom. The first-order chi connectivity index (χ1) is 15.4. The number of aromatic nitrogens is 1. The van der Waals surface area contributed by atoms with Crippen molar-refractivity contribution in [1.29, 1.82) is 0 Å². The van der Waals surface area contributed by atoms with E-state index in [0.717, 1.165) is 31.7 Å². The van der Waals surface area contributed by atoms with E-state index in [0.29, 0.717) is 5.56 Å². The number of hydrogen-bond acceptors (Lipinski definition) is 5. The monoisotopic (exact) mass is 439 g/mol. The molecule has 2 heterocycles. The van der Waals surface area contributed by atoms with Crippen molar-refractivity contribution < 1.29 is 18.8 Å². The largest absolute Gasteiger partial charge is 0.350 e. The first-order valence-corrected chi connectivity index (χ1v) is 10.8. The van der Waals surface area contributed by atoms with Crippen LogP contribution >= 0.6 is 0 Å². The predicted octanol–water partition coefficient (Wildman–Crippen LogP) is 1.53. The molecule has 3 amide bonds. The molecule has 8 nitrogen and oxygen atoms in total. The van der Waals surface area contributed by atoms with Gasteiger partial charge in [0.2, 0.25) is 0 Å². The fourth-order valence-electron chi connectivity index (χ4n) is 4.32. The van der Waals surface area contributed by atoms with Crippen LogP contribution in [0.5, 0.6) is 0 Å². The smallest absolute Gasteiger partial charge is 0.264 e. The van der Waals surface area contributed by atoms with Gasteiger partial charge in [0, 0.05) is 43.1 Å². The van der Waals surface area contributed by atoms with Crippen LogP contribution in [0.2, 0.25) is 0 Å². The zero-order valence-electron chi connectivity index (χ0n) is 17.6. The van der Waals surface area contributed by atoms with Gasteiger partial charge in [0.25, 0.3) is 17.7 Å². The minimum atomic E-state index is -1.13. The fourth-order valence-corrected chi connectivity index (χ4v) is 4.32. The van der Waals surface area contributed by atoms with Crippen molar-refractivity contribution in [2.24, 2.45) is 5.73 Å². The van der Waals surface area contributed by atoms with Crippen LogP contribution in [-0.4, -0.2) is 63.8 Å². The Labute approximate surface area is 185 Å². The molecule has 1 aliphatic carbocycles. The van der Waals surface area contributed by atoms with Crippen molar-refractivity contribution >= 4 is 17.7 Å². The summed E-state index contributed by atoms with van der Waals surface area (Å²) in [6.07, 6.45) is 4.95. The molecular weight excluding hydrogens is 413 g/mol. The zero-order chi connectivity index (χ0) is 22.7. The van der Waals surface area contributed by atoms with Crippen molar-refractivity contribution in [3.63, 3.8) is 0 Å². The van der Waals surface area contributed by atoms with Crippen LogP contribution in [0.1, 0.15) is 46.4 Å². The summed E-state index contributed by atoms with van der Waals surface area (Å²) in [7, 11) is 0. The number of nitrogens with one attached hydrogen (secondary N) is 1. The first-order valence-electron chi connectivity index (χ1n) is 10.8. The van der Waals surface area contributed by atoms with Crippen LogP contribution < -0.4 is 11.1 Å².